The van der Waals surface area contributed by atoms with Gasteiger partial charge in [-0.15, -0.1) is 11.8 Å². The van der Waals surface area contributed by atoms with Gasteiger partial charge in [-0.05, 0) is 41.5 Å². The first-order valence-corrected chi connectivity index (χ1v) is 8.22. The fourth-order valence-corrected chi connectivity index (χ4v) is 3.20. The molecule has 1 aromatic rings. The number of hydrogen-bond donors (Lipinski definition) is 0. The largest absolute Gasteiger partial charge is 0.612 e. The summed E-state index contributed by atoms with van der Waals surface area (Å²) in [5.74, 6) is 0.792. The molecule has 0 spiro atoms. The molecule has 0 amide bonds. The van der Waals surface area contributed by atoms with Crippen LogP contribution in [0.3, 0.4) is 0 Å². The van der Waals surface area contributed by atoms with E-state index >= 15 is 0 Å². The van der Waals surface area contributed by atoms with Crippen LogP contribution in [0.4, 0.5) is 0 Å². The van der Waals surface area contributed by atoms with Gasteiger partial charge in [-0.3, -0.25) is 0 Å². The van der Waals surface area contributed by atoms with E-state index in [1.54, 1.807) is 25.1 Å². The molecule has 0 aliphatic heterocycles. The fourth-order valence-electron chi connectivity index (χ4n) is 1.55. The maximum absolute atomic E-state index is 11.7. The van der Waals surface area contributed by atoms with E-state index in [0.29, 0.717) is 0 Å². The van der Waals surface area contributed by atoms with Crippen LogP contribution in [0.2, 0.25) is 0 Å². The zero-order valence-electron chi connectivity index (χ0n) is 10.6. The predicted octanol–water partition coefficient (Wildman–Crippen LogP) is 3.30. The molecule has 0 saturated carbocycles. The van der Waals surface area contributed by atoms with Crippen LogP contribution in [0, 0.1) is 0 Å². The second-order valence-corrected chi connectivity index (χ2v) is 5.62. The smallest absolute Gasteiger partial charge is 0.169 e. The molecule has 1 rings (SSSR count). The number of methoxy groups -OCH3 is 1. The van der Waals surface area contributed by atoms with Gasteiger partial charge in [0.2, 0.25) is 0 Å². The molecule has 17 heavy (non-hydrogen) atoms. The van der Waals surface area contributed by atoms with Crippen molar-refractivity contribution >= 4 is 27.8 Å². The first-order valence-electron chi connectivity index (χ1n) is 5.37. The number of aryl methyl sites for hydroxylation is 1. The van der Waals surface area contributed by atoms with Gasteiger partial charge in [0.25, 0.3) is 0 Å². The molecule has 0 heterocycles. The minimum absolute atomic E-state index is 0.792. The van der Waals surface area contributed by atoms with Crippen molar-refractivity contribution < 1.29 is 9.29 Å². The van der Waals surface area contributed by atoms with Crippen LogP contribution in [0.15, 0.2) is 23.6 Å². The first kappa shape index (κ1) is 14.5. The Labute approximate surface area is 111 Å². The Balaban J connectivity index is 3.23. The van der Waals surface area contributed by atoms with E-state index < -0.39 is 11.2 Å². The summed E-state index contributed by atoms with van der Waals surface area (Å²) in [6, 6.07) is 6.05. The van der Waals surface area contributed by atoms with Crippen LogP contribution in [0.1, 0.15) is 18.1 Å². The third-order valence-corrected chi connectivity index (χ3v) is 4.05. The molecule has 1 atom stereocenters. The van der Waals surface area contributed by atoms with Gasteiger partial charge < -0.3 is 9.29 Å². The van der Waals surface area contributed by atoms with Crippen molar-refractivity contribution in [3.05, 3.63) is 34.7 Å². The lowest BCUT2D eigenvalue weighted by molar-refractivity contribution is 0.413. The SMILES string of the molecule is CCc1ccc(C(=CSC)[S@+](C)[O-])c(OC)c1. The fraction of sp³-hybridized carbons (Fsp3) is 0.385. The molecule has 0 radical (unpaired) electrons. The summed E-state index contributed by atoms with van der Waals surface area (Å²) in [5.41, 5.74) is 2.14. The summed E-state index contributed by atoms with van der Waals surface area (Å²) >= 11 is 0.537. The standard InChI is InChI=1S/C13H18O2S2/c1-5-10-6-7-11(12(8-10)15-2)13(9-16-3)17(4)14/h6-9H,5H2,1-4H3/t17-/m0/s1. The summed E-state index contributed by atoms with van der Waals surface area (Å²) < 4.78 is 17.1. The maximum atomic E-state index is 11.7. The van der Waals surface area contributed by atoms with Crippen molar-refractivity contribution in [3.63, 3.8) is 0 Å². The molecular weight excluding hydrogens is 252 g/mol. The predicted molar refractivity (Wildman–Crippen MR) is 77.9 cm³/mol. The van der Waals surface area contributed by atoms with E-state index in [2.05, 4.69) is 13.0 Å². The van der Waals surface area contributed by atoms with E-state index in [4.69, 9.17) is 4.74 Å². The average Bonchev–Trinajstić information content (AvgIpc) is 2.35. The van der Waals surface area contributed by atoms with Crippen LogP contribution in [-0.4, -0.2) is 24.2 Å². The van der Waals surface area contributed by atoms with Crippen molar-refractivity contribution in [3.8, 4) is 5.75 Å². The van der Waals surface area contributed by atoms with Gasteiger partial charge in [-0.1, -0.05) is 13.0 Å². The Kier molecular flexibility index (Phi) is 5.95. The average molecular weight is 270 g/mol. The molecule has 2 nitrogen and oxygen atoms in total. The third-order valence-electron chi connectivity index (χ3n) is 2.47. The van der Waals surface area contributed by atoms with E-state index in [1.165, 1.54) is 5.56 Å². The van der Waals surface area contributed by atoms with Gasteiger partial charge in [0.1, 0.15) is 12.0 Å². The monoisotopic (exact) mass is 270 g/mol. The lowest BCUT2D eigenvalue weighted by Gasteiger charge is -2.13. The highest BCUT2D eigenvalue weighted by atomic mass is 32.2. The van der Waals surface area contributed by atoms with Crippen LogP contribution in [-0.2, 0) is 17.6 Å². The molecule has 0 bridgehead atoms. The van der Waals surface area contributed by atoms with Gasteiger partial charge in [-0.2, -0.15) is 0 Å². The number of hydrogen-bond acceptors (Lipinski definition) is 3. The van der Waals surface area contributed by atoms with E-state index in [0.717, 1.165) is 22.6 Å². The number of benzene rings is 1. The van der Waals surface area contributed by atoms with Gasteiger partial charge in [0, 0.05) is 5.41 Å². The maximum Gasteiger partial charge on any atom is 0.169 e. The normalized spacial score (nSPS) is 13.6. The number of rotatable bonds is 5. The Morgan fingerprint density at radius 2 is 2.24 bits per heavy atom. The van der Waals surface area contributed by atoms with Crippen molar-refractivity contribution in [2.75, 3.05) is 19.6 Å². The van der Waals surface area contributed by atoms with Crippen LogP contribution in [0.25, 0.3) is 4.91 Å². The zero-order valence-corrected chi connectivity index (χ0v) is 12.3. The Bertz CT molecular complexity index is 400. The quantitative estimate of drug-likeness (QED) is 0.770. The van der Waals surface area contributed by atoms with Crippen LogP contribution < -0.4 is 4.74 Å². The van der Waals surface area contributed by atoms with E-state index in [9.17, 15) is 4.55 Å². The molecular formula is C13H18O2S2. The Hall–Kier alpha value is -0.580. The molecule has 0 fully saturated rings. The minimum atomic E-state index is -1.01. The molecule has 0 N–H and O–H groups in total. The summed E-state index contributed by atoms with van der Waals surface area (Å²) in [6.07, 6.45) is 4.61. The minimum Gasteiger partial charge on any atom is -0.612 e. The zero-order chi connectivity index (χ0) is 12.8. The van der Waals surface area contributed by atoms with Gasteiger partial charge in [0.15, 0.2) is 4.91 Å². The Morgan fingerprint density at radius 1 is 1.53 bits per heavy atom. The topological polar surface area (TPSA) is 32.3 Å². The van der Waals surface area contributed by atoms with Crippen molar-refractivity contribution in [2.24, 2.45) is 0 Å². The second kappa shape index (κ2) is 6.99. The van der Waals surface area contributed by atoms with Gasteiger partial charge in [-0.25, -0.2) is 0 Å². The lowest BCUT2D eigenvalue weighted by Crippen LogP contribution is -2.02. The highest BCUT2D eigenvalue weighted by Gasteiger charge is 2.17. The molecule has 0 unspecified atom stereocenters. The van der Waals surface area contributed by atoms with Crippen LogP contribution in [0.5, 0.6) is 5.75 Å². The van der Waals surface area contributed by atoms with Gasteiger partial charge >= 0.3 is 0 Å². The number of ether oxygens (including phenoxy) is 1. The highest BCUT2D eigenvalue weighted by molar-refractivity contribution is 8.05. The molecule has 94 valence electrons. The summed E-state index contributed by atoms with van der Waals surface area (Å²) in [5, 5.41) is 1.92. The molecule has 1 aromatic carbocycles. The van der Waals surface area contributed by atoms with E-state index in [-0.39, 0.29) is 0 Å². The second-order valence-electron chi connectivity index (χ2n) is 3.56. The molecule has 0 aromatic heterocycles. The molecule has 0 saturated heterocycles. The molecule has 0 aliphatic carbocycles. The van der Waals surface area contributed by atoms with E-state index in [1.807, 2.05) is 23.8 Å². The summed E-state index contributed by atoms with van der Waals surface area (Å²) in [6.45, 7) is 2.10. The number of thioether (sulfide) groups is 1. The highest BCUT2D eigenvalue weighted by Crippen LogP contribution is 2.31. The summed E-state index contributed by atoms with van der Waals surface area (Å²) in [4.78, 5) is 0.817. The van der Waals surface area contributed by atoms with Gasteiger partial charge in [0.05, 0.1) is 12.7 Å². The van der Waals surface area contributed by atoms with Crippen molar-refractivity contribution in [2.45, 2.75) is 13.3 Å². The Morgan fingerprint density at radius 3 is 2.71 bits per heavy atom. The third kappa shape index (κ3) is 3.69. The molecule has 4 heteroatoms. The molecule has 0 aliphatic rings. The first-order chi connectivity index (χ1) is 8.13. The van der Waals surface area contributed by atoms with Crippen LogP contribution >= 0.6 is 11.8 Å². The van der Waals surface area contributed by atoms with Crippen molar-refractivity contribution in [1.82, 2.24) is 0 Å². The summed E-state index contributed by atoms with van der Waals surface area (Å²) in [7, 11) is 1.65. The lowest BCUT2D eigenvalue weighted by atomic mass is 10.1. The van der Waals surface area contributed by atoms with Crippen molar-refractivity contribution in [1.29, 1.82) is 0 Å².